The summed E-state index contributed by atoms with van der Waals surface area (Å²) in [6.45, 7) is 5.78. The number of benzene rings is 2. The van der Waals surface area contributed by atoms with Crippen molar-refractivity contribution < 1.29 is 17.5 Å². The lowest BCUT2D eigenvalue weighted by Gasteiger charge is -2.32. The van der Waals surface area contributed by atoms with E-state index < -0.39 is 15.7 Å². The van der Waals surface area contributed by atoms with Gasteiger partial charge < -0.3 is 10.1 Å². The van der Waals surface area contributed by atoms with E-state index in [1.807, 2.05) is 0 Å². The minimum absolute atomic E-state index is 0.0935. The number of ether oxygens (including phenoxy) is 1. The fraction of sp³-hybridized carbons (Fsp3) is 0.346. The quantitative estimate of drug-likeness (QED) is 0.442. The van der Waals surface area contributed by atoms with Gasteiger partial charge in [-0.25, -0.2) is 13.4 Å². The number of halogens is 2. The van der Waals surface area contributed by atoms with Gasteiger partial charge >= 0.3 is 0 Å². The van der Waals surface area contributed by atoms with Gasteiger partial charge in [-0.2, -0.15) is 14.6 Å². The number of nitrogens with one attached hydrogen (secondary N) is 1. The molecule has 194 valence electrons. The second kappa shape index (κ2) is 11.0. The Morgan fingerprint density at radius 2 is 1.89 bits per heavy atom. The number of likely N-dealkylation sites (tertiary alicyclic amines) is 1. The van der Waals surface area contributed by atoms with Crippen LogP contribution in [-0.2, 0) is 16.4 Å². The zero-order valence-corrected chi connectivity index (χ0v) is 22.3. The number of anilines is 1. The summed E-state index contributed by atoms with van der Waals surface area (Å²) in [4.78, 5) is 10.8. The number of rotatable bonds is 7. The Balaban J connectivity index is 1.37. The van der Waals surface area contributed by atoms with Crippen LogP contribution in [-0.4, -0.2) is 48.7 Å². The van der Waals surface area contributed by atoms with E-state index in [2.05, 4.69) is 26.3 Å². The van der Waals surface area contributed by atoms with E-state index in [0.717, 1.165) is 43.9 Å². The SMILES string of the molecule is Cc1cc(C#N)cc(C)c1Oc1nc(NC2CCN(Cc3ccc(S(C)(=O)=O)cc3Cl)CC2)ncc1F. The first-order valence-electron chi connectivity index (χ1n) is 11.7. The second-order valence-electron chi connectivity index (χ2n) is 9.22. The molecule has 0 spiro atoms. The van der Waals surface area contributed by atoms with Crippen LogP contribution in [0.25, 0.3) is 0 Å². The second-order valence-corrected chi connectivity index (χ2v) is 11.6. The predicted octanol–water partition coefficient (Wildman–Crippen LogP) is 5.03. The Bertz CT molecular complexity index is 1440. The molecule has 0 bridgehead atoms. The highest BCUT2D eigenvalue weighted by Gasteiger charge is 2.22. The molecule has 0 saturated carbocycles. The number of aromatic nitrogens is 2. The lowest BCUT2D eigenvalue weighted by atomic mass is 10.0. The normalized spacial score (nSPS) is 14.8. The molecule has 4 rings (SSSR count). The molecule has 0 unspecified atom stereocenters. The molecule has 2 heterocycles. The van der Waals surface area contributed by atoms with Crippen LogP contribution in [0.4, 0.5) is 10.3 Å². The van der Waals surface area contributed by atoms with Gasteiger partial charge in [0.2, 0.25) is 11.8 Å². The minimum atomic E-state index is -3.31. The molecule has 2 aromatic carbocycles. The molecule has 11 heteroatoms. The Hall–Kier alpha value is -3.26. The summed E-state index contributed by atoms with van der Waals surface area (Å²) in [6, 6.07) is 10.4. The van der Waals surface area contributed by atoms with E-state index in [9.17, 15) is 12.8 Å². The number of hydrogen-bond acceptors (Lipinski definition) is 8. The minimum Gasteiger partial charge on any atom is -0.436 e. The lowest BCUT2D eigenvalue weighted by Crippen LogP contribution is -2.39. The van der Waals surface area contributed by atoms with Crippen molar-refractivity contribution in [1.29, 1.82) is 5.26 Å². The van der Waals surface area contributed by atoms with Crippen LogP contribution in [0.2, 0.25) is 5.02 Å². The van der Waals surface area contributed by atoms with Gasteiger partial charge in [-0.15, -0.1) is 0 Å². The zero-order chi connectivity index (χ0) is 26.7. The van der Waals surface area contributed by atoms with Crippen LogP contribution in [0.15, 0.2) is 41.4 Å². The molecule has 0 atom stereocenters. The van der Waals surface area contributed by atoms with Crippen LogP contribution in [0.1, 0.15) is 35.1 Å². The van der Waals surface area contributed by atoms with Crippen molar-refractivity contribution in [1.82, 2.24) is 14.9 Å². The first-order valence-corrected chi connectivity index (χ1v) is 14.0. The Morgan fingerprint density at radius 1 is 1.22 bits per heavy atom. The molecule has 1 aliphatic rings. The smallest absolute Gasteiger partial charge is 0.260 e. The molecule has 3 aromatic rings. The summed E-state index contributed by atoms with van der Waals surface area (Å²) in [5.74, 6) is -0.127. The summed E-state index contributed by atoms with van der Waals surface area (Å²) in [5, 5.41) is 12.8. The van der Waals surface area contributed by atoms with Crippen LogP contribution < -0.4 is 10.1 Å². The average molecular weight is 544 g/mol. The maximum Gasteiger partial charge on any atom is 0.260 e. The number of piperidine rings is 1. The number of hydrogen-bond donors (Lipinski definition) is 1. The lowest BCUT2D eigenvalue weighted by molar-refractivity contribution is 0.211. The third-order valence-corrected chi connectivity index (χ3v) is 7.73. The Kier molecular flexibility index (Phi) is 7.97. The van der Waals surface area contributed by atoms with Gasteiger partial charge in [-0.3, -0.25) is 4.90 Å². The topological polar surface area (TPSA) is 108 Å². The molecule has 1 aromatic heterocycles. The summed E-state index contributed by atoms with van der Waals surface area (Å²) >= 11 is 6.33. The summed E-state index contributed by atoms with van der Waals surface area (Å²) < 4.78 is 43.7. The molecule has 1 fully saturated rings. The van der Waals surface area contributed by atoms with Crippen LogP contribution in [0.5, 0.6) is 11.6 Å². The standard InChI is InChI=1S/C26H27ClFN5O3S/c1-16-10-18(13-29)11-17(2)24(16)36-25-23(28)14-30-26(32-25)31-20-6-8-33(9-7-20)15-19-4-5-21(12-22(19)27)37(3,34)35/h4-5,10-12,14,20H,6-9,15H2,1-3H3,(H,30,31,32). The highest BCUT2D eigenvalue weighted by Crippen LogP contribution is 2.31. The molecule has 37 heavy (non-hydrogen) atoms. The van der Waals surface area contributed by atoms with Gasteiger partial charge in [-0.1, -0.05) is 17.7 Å². The van der Waals surface area contributed by atoms with Gasteiger partial charge in [0.05, 0.1) is 22.7 Å². The first kappa shape index (κ1) is 26.8. The van der Waals surface area contributed by atoms with Gasteiger partial charge in [0.25, 0.3) is 5.88 Å². The summed E-state index contributed by atoms with van der Waals surface area (Å²) in [7, 11) is -3.31. The van der Waals surface area contributed by atoms with Crippen LogP contribution in [0.3, 0.4) is 0 Å². The molecule has 0 amide bonds. The fourth-order valence-electron chi connectivity index (χ4n) is 4.31. The third-order valence-electron chi connectivity index (χ3n) is 6.27. The summed E-state index contributed by atoms with van der Waals surface area (Å²) in [5.41, 5.74) is 2.80. The molecule has 1 N–H and O–H groups in total. The molecule has 1 aliphatic heterocycles. The van der Waals surface area contributed by atoms with E-state index in [1.54, 1.807) is 38.1 Å². The highest BCUT2D eigenvalue weighted by molar-refractivity contribution is 7.90. The number of nitrogens with zero attached hydrogens (tertiary/aromatic N) is 4. The maximum atomic E-state index is 14.4. The van der Waals surface area contributed by atoms with Crippen molar-refractivity contribution in [2.75, 3.05) is 24.7 Å². The predicted molar refractivity (Wildman–Crippen MR) is 139 cm³/mol. The van der Waals surface area contributed by atoms with Crippen molar-refractivity contribution >= 4 is 27.4 Å². The summed E-state index contributed by atoms with van der Waals surface area (Å²) in [6.07, 6.45) is 3.86. The molecular weight excluding hydrogens is 517 g/mol. The van der Waals surface area contributed by atoms with E-state index in [4.69, 9.17) is 21.6 Å². The monoisotopic (exact) mass is 543 g/mol. The van der Waals surface area contributed by atoms with E-state index in [-0.39, 0.29) is 22.8 Å². The van der Waals surface area contributed by atoms with Gasteiger partial charge in [0, 0.05) is 37.0 Å². The largest absolute Gasteiger partial charge is 0.436 e. The highest BCUT2D eigenvalue weighted by atomic mass is 35.5. The van der Waals surface area contributed by atoms with Gasteiger partial charge in [-0.05, 0) is 67.6 Å². The molecule has 8 nitrogen and oxygen atoms in total. The van der Waals surface area contributed by atoms with E-state index in [0.29, 0.717) is 34.0 Å². The van der Waals surface area contributed by atoms with Crippen molar-refractivity contribution in [3.8, 4) is 17.7 Å². The van der Waals surface area contributed by atoms with Crippen LogP contribution in [0, 0.1) is 31.0 Å². The maximum absolute atomic E-state index is 14.4. The van der Waals surface area contributed by atoms with Crippen LogP contribution >= 0.6 is 11.6 Å². The number of nitriles is 1. The van der Waals surface area contributed by atoms with Crippen molar-refractivity contribution in [2.24, 2.45) is 0 Å². The molecule has 0 radical (unpaired) electrons. The van der Waals surface area contributed by atoms with Crippen molar-refractivity contribution in [3.63, 3.8) is 0 Å². The number of sulfone groups is 1. The molecule has 0 aliphatic carbocycles. The Morgan fingerprint density at radius 3 is 2.49 bits per heavy atom. The van der Waals surface area contributed by atoms with Crippen molar-refractivity contribution in [3.05, 3.63) is 69.6 Å². The van der Waals surface area contributed by atoms with E-state index in [1.165, 1.54) is 6.07 Å². The first-order chi connectivity index (χ1) is 17.5. The van der Waals surface area contributed by atoms with Gasteiger partial charge in [0.15, 0.2) is 9.84 Å². The third kappa shape index (κ3) is 6.55. The Labute approximate surface area is 221 Å². The van der Waals surface area contributed by atoms with Crippen molar-refractivity contribution in [2.45, 2.75) is 44.2 Å². The fourth-order valence-corrected chi connectivity index (χ4v) is 5.26. The number of aryl methyl sites for hydroxylation is 2. The zero-order valence-electron chi connectivity index (χ0n) is 20.8. The molecule has 1 saturated heterocycles. The molecular formula is C26H27ClFN5O3S. The van der Waals surface area contributed by atoms with E-state index >= 15 is 0 Å². The average Bonchev–Trinajstić information content (AvgIpc) is 2.84. The van der Waals surface area contributed by atoms with Gasteiger partial charge in [0.1, 0.15) is 5.75 Å².